The molecule has 19 heavy (non-hydrogen) atoms. The third kappa shape index (κ3) is 2.66. The van der Waals surface area contributed by atoms with Crippen molar-refractivity contribution in [2.45, 2.75) is 32.6 Å². The summed E-state index contributed by atoms with van der Waals surface area (Å²) in [4.78, 5) is 8.90. The van der Waals surface area contributed by atoms with Crippen LogP contribution in [0.1, 0.15) is 36.0 Å². The molecule has 1 N–H and O–H groups in total. The van der Waals surface area contributed by atoms with Crippen molar-refractivity contribution in [3.63, 3.8) is 0 Å². The van der Waals surface area contributed by atoms with Crippen molar-refractivity contribution in [2.75, 3.05) is 13.1 Å². The first kappa shape index (κ1) is 12.3. The molecule has 0 radical (unpaired) electrons. The van der Waals surface area contributed by atoms with Gasteiger partial charge in [0.25, 0.3) is 0 Å². The number of rotatable bonds is 2. The molecular weight excluding hydrogens is 240 g/mol. The number of aromatic nitrogens is 3. The van der Waals surface area contributed by atoms with Gasteiger partial charge in [0.15, 0.2) is 0 Å². The number of hydrogen-bond donors (Lipinski definition) is 1. The second kappa shape index (κ2) is 5.09. The molecule has 0 saturated carbocycles. The van der Waals surface area contributed by atoms with Crippen molar-refractivity contribution in [3.05, 3.63) is 29.4 Å². The maximum absolute atomic E-state index is 5.42. The number of aryl methyl sites for hydroxylation is 2. The van der Waals surface area contributed by atoms with E-state index in [1.54, 1.807) is 0 Å². The summed E-state index contributed by atoms with van der Waals surface area (Å²) in [5.41, 5.74) is 2.92. The Bertz CT molecular complexity index is 552. The Hall–Kier alpha value is -1.75. The minimum atomic E-state index is 0.346. The first-order valence-corrected chi connectivity index (χ1v) is 6.72. The van der Waals surface area contributed by atoms with Gasteiger partial charge in [-0.1, -0.05) is 5.16 Å². The molecule has 0 spiro atoms. The summed E-state index contributed by atoms with van der Waals surface area (Å²) in [7, 11) is 0. The van der Waals surface area contributed by atoms with E-state index in [2.05, 4.69) is 20.4 Å². The van der Waals surface area contributed by atoms with Gasteiger partial charge in [0.2, 0.25) is 11.7 Å². The van der Waals surface area contributed by atoms with Crippen LogP contribution in [0.3, 0.4) is 0 Å². The highest BCUT2D eigenvalue weighted by Gasteiger charge is 2.21. The zero-order chi connectivity index (χ0) is 13.2. The number of pyridine rings is 1. The van der Waals surface area contributed by atoms with Gasteiger partial charge in [-0.25, -0.2) is 0 Å². The van der Waals surface area contributed by atoms with E-state index in [0.717, 1.165) is 48.8 Å². The zero-order valence-electron chi connectivity index (χ0n) is 11.3. The van der Waals surface area contributed by atoms with Crippen molar-refractivity contribution >= 4 is 0 Å². The summed E-state index contributed by atoms with van der Waals surface area (Å²) in [6, 6.07) is 3.97. The van der Waals surface area contributed by atoms with Crippen LogP contribution in [-0.4, -0.2) is 28.2 Å². The van der Waals surface area contributed by atoms with Gasteiger partial charge in [-0.3, -0.25) is 4.98 Å². The fourth-order valence-corrected chi connectivity index (χ4v) is 2.54. The van der Waals surface area contributed by atoms with Gasteiger partial charge < -0.3 is 9.84 Å². The number of hydrogen-bond acceptors (Lipinski definition) is 5. The zero-order valence-corrected chi connectivity index (χ0v) is 11.3. The van der Waals surface area contributed by atoms with Gasteiger partial charge >= 0.3 is 0 Å². The van der Waals surface area contributed by atoms with Crippen molar-refractivity contribution in [1.29, 1.82) is 0 Å². The fraction of sp³-hybridized carbons (Fsp3) is 0.500. The van der Waals surface area contributed by atoms with E-state index in [-0.39, 0.29) is 0 Å². The molecule has 1 unspecified atom stereocenters. The van der Waals surface area contributed by atoms with E-state index >= 15 is 0 Å². The van der Waals surface area contributed by atoms with E-state index < -0.39 is 0 Å². The molecular formula is C14H18N4O. The summed E-state index contributed by atoms with van der Waals surface area (Å²) >= 11 is 0. The van der Waals surface area contributed by atoms with Crippen LogP contribution >= 0.6 is 0 Å². The average molecular weight is 258 g/mol. The number of nitrogens with zero attached hydrogens (tertiary/aromatic N) is 3. The lowest BCUT2D eigenvalue weighted by Gasteiger charge is -2.18. The Labute approximate surface area is 112 Å². The lowest BCUT2D eigenvalue weighted by molar-refractivity contribution is 0.322. The quantitative estimate of drug-likeness (QED) is 0.894. The third-order valence-electron chi connectivity index (χ3n) is 3.43. The summed E-state index contributed by atoms with van der Waals surface area (Å²) in [6.07, 6.45) is 2.28. The molecule has 1 saturated heterocycles. The second-order valence-corrected chi connectivity index (χ2v) is 5.14. The topological polar surface area (TPSA) is 63.8 Å². The molecule has 1 aliphatic heterocycles. The number of nitrogens with one attached hydrogen (secondary N) is 1. The first-order chi connectivity index (χ1) is 9.22. The van der Waals surface area contributed by atoms with E-state index in [9.17, 15) is 0 Å². The molecule has 2 aromatic heterocycles. The molecule has 1 aliphatic rings. The largest absolute Gasteiger partial charge is 0.339 e. The molecule has 1 fully saturated rings. The third-order valence-corrected chi connectivity index (χ3v) is 3.43. The van der Waals surface area contributed by atoms with E-state index in [0.29, 0.717) is 11.7 Å². The molecule has 2 aromatic rings. The van der Waals surface area contributed by atoms with Crippen LogP contribution in [-0.2, 0) is 0 Å². The molecule has 100 valence electrons. The highest BCUT2D eigenvalue weighted by atomic mass is 16.5. The van der Waals surface area contributed by atoms with Crippen molar-refractivity contribution in [2.24, 2.45) is 0 Å². The standard InChI is InChI=1S/C14H18N4O/c1-9-6-12(7-10(2)16-9)13-17-14(19-18-13)11-4-3-5-15-8-11/h6-7,11,15H,3-5,8H2,1-2H3. The molecule has 3 heterocycles. The minimum absolute atomic E-state index is 0.346. The van der Waals surface area contributed by atoms with Crippen LogP contribution in [0.5, 0.6) is 0 Å². The van der Waals surface area contributed by atoms with Crippen LogP contribution in [0, 0.1) is 13.8 Å². The molecule has 5 nitrogen and oxygen atoms in total. The van der Waals surface area contributed by atoms with Gasteiger partial charge in [0.1, 0.15) is 0 Å². The summed E-state index contributed by atoms with van der Waals surface area (Å²) in [6.45, 7) is 5.96. The normalized spacial score (nSPS) is 19.6. The Morgan fingerprint density at radius 2 is 2.00 bits per heavy atom. The molecule has 0 aromatic carbocycles. The monoisotopic (exact) mass is 258 g/mol. The molecule has 0 bridgehead atoms. The maximum atomic E-state index is 5.42. The van der Waals surface area contributed by atoms with Gasteiger partial charge in [-0.2, -0.15) is 4.98 Å². The van der Waals surface area contributed by atoms with Crippen LogP contribution in [0.2, 0.25) is 0 Å². The fourth-order valence-electron chi connectivity index (χ4n) is 2.54. The summed E-state index contributed by atoms with van der Waals surface area (Å²) < 4.78 is 5.42. The SMILES string of the molecule is Cc1cc(-c2noc(C3CCCNC3)n2)cc(C)n1. The lowest BCUT2D eigenvalue weighted by atomic mass is 10.00. The second-order valence-electron chi connectivity index (χ2n) is 5.14. The molecule has 3 rings (SSSR count). The van der Waals surface area contributed by atoms with Crippen molar-refractivity contribution in [3.8, 4) is 11.4 Å². The predicted molar refractivity (Wildman–Crippen MR) is 71.8 cm³/mol. The smallest absolute Gasteiger partial charge is 0.231 e. The molecule has 0 amide bonds. The predicted octanol–water partition coefficient (Wildman–Crippen LogP) is 2.22. The Balaban J connectivity index is 1.87. The summed E-state index contributed by atoms with van der Waals surface area (Å²) in [5.74, 6) is 1.75. The Morgan fingerprint density at radius 1 is 1.21 bits per heavy atom. The minimum Gasteiger partial charge on any atom is -0.339 e. The maximum Gasteiger partial charge on any atom is 0.231 e. The van der Waals surface area contributed by atoms with Crippen LogP contribution in [0.25, 0.3) is 11.4 Å². The highest BCUT2D eigenvalue weighted by molar-refractivity contribution is 5.55. The lowest BCUT2D eigenvalue weighted by Crippen LogP contribution is -2.28. The molecule has 5 heteroatoms. The van der Waals surface area contributed by atoms with Crippen LogP contribution in [0.4, 0.5) is 0 Å². The van der Waals surface area contributed by atoms with Gasteiger partial charge in [-0.15, -0.1) is 0 Å². The van der Waals surface area contributed by atoms with Crippen molar-refractivity contribution < 1.29 is 4.52 Å². The van der Waals surface area contributed by atoms with Gasteiger partial charge in [0.05, 0.1) is 5.92 Å². The van der Waals surface area contributed by atoms with Gasteiger partial charge in [-0.05, 0) is 45.4 Å². The first-order valence-electron chi connectivity index (χ1n) is 6.72. The van der Waals surface area contributed by atoms with E-state index in [1.165, 1.54) is 0 Å². The molecule has 1 atom stereocenters. The Morgan fingerprint density at radius 3 is 2.68 bits per heavy atom. The molecule has 0 aliphatic carbocycles. The Kier molecular flexibility index (Phi) is 3.29. The van der Waals surface area contributed by atoms with Crippen LogP contribution in [0.15, 0.2) is 16.7 Å². The average Bonchev–Trinajstić information content (AvgIpc) is 2.88. The van der Waals surface area contributed by atoms with E-state index in [1.807, 2.05) is 26.0 Å². The van der Waals surface area contributed by atoms with Gasteiger partial charge in [0, 0.05) is 23.5 Å². The van der Waals surface area contributed by atoms with Crippen molar-refractivity contribution in [1.82, 2.24) is 20.4 Å². The van der Waals surface area contributed by atoms with Crippen LogP contribution < -0.4 is 5.32 Å². The summed E-state index contributed by atoms with van der Waals surface area (Å²) in [5, 5.41) is 7.46. The van der Waals surface area contributed by atoms with E-state index in [4.69, 9.17) is 4.52 Å². The number of piperidine rings is 1. The highest BCUT2D eigenvalue weighted by Crippen LogP contribution is 2.24.